The topological polar surface area (TPSA) is 106 Å². The summed E-state index contributed by atoms with van der Waals surface area (Å²) in [6, 6.07) is 5.07. The average Bonchev–Trinajstić information content (AvgIpc) is 3.50. The molecule has 2 aliphatic heterocycles. The fraction of sp³-hybridized carbons (Fsp3) is 0.640. The lowest BCUT2D eigenvalue weighted by atomic mass is 9.89. The van der Waals surface area contributed by atoms with Crippen molar-refractivity contribution in [3.05, 3.63) is 28.8 Å². The predicted molar refractivity (Wildman–Crippen MR) is 131 cm³/mol. The van der Waals surface area contributed by atoms with Crippen LogP contribution in [0.1, 0.15) is 65.0 Å². The van der Waals surface area contributed by atoms with E-state index in [2.05, 4.69) is 10.3 Å². The lowest BCUT2D eigenvalue weighted by molar-refractivity contribution is -0.132. The first-order valence-electron chi connectivity index (χ1n) is 11.9. The van der Waals surface area contributed by atoms with Gasteiger partial charge in [-0.3, -0.25) is 14.5 Å². The molecule has 0 radical (unpaired) electrons. The van der Waals surface area contributed by atoms with Gasteiger partial charge in [-0.1, -0.05) is 11.6 Å². The second-order valence-electron chi connectivity index (χ2n) is 10.9. The second-order valence-corrected chi connectivity index (χ2v) is 11.3. The average molecular weight is 491 g/mol. The Morgan fingerprint density at radius 1 is 1.38 bits per heavy atom. The SMILES string of the molecule is COCC[C@H]([C@H]1C[C@@H]1C(=O)N[C@H]1CC(C)(C)Oc2ccc(Cl)cc21)N1C(=O)CC(C)(C)N=C1N. The zero-order valence-electron chi connectivity index (χ0n) is 20.6. The first-order chi connectivity index (χ1) is 15.9. The van der Waals surface area contributed by atoms with Crippen molar-refractivity contribution in [1.82, 2.24) is 10.2 Å². The van der Waals surface area contributed by atoms with E-state index in [-0.39, 0.29) is 48.1 Å². The predicted octanol–water partition coefficient (Wildman–Crippen LogP) is 3.43. The highest BCUT2D eigenvalue weighted by molar-refractivity contribution is 6.30. The summed E-state index contributed by atoms with van der Waals surface area (Å²) in [7, 11) is 1.63. The molecule has 0 unspecified atom stereocenters. The molecule has 9 heteroatoms. The molecule has 2 amide bonds. The van der Waals surface area contributed by atoms with Gasteiger partial charge < -0.3 is 20.5 Å². The van der Waals surface area contributed by atoms with E-state index >= 15 is 0 Å². The van der Waals surface area contributed by atoms with Crippen LogP contribution in [-0.2, 0) is 14.3 Å². The molecule has 0 bridgehead atoms. The van der Waals surface area contributed by atoms with Crippen LogP contribution in [0.2, 0.25) is 5.02 Å². The van der Waals surface area contributed by atoms with Crippen molar-refractivity contribution in [3.8, 4) is 5.75 Å². The van der Waals surface area contributed by atoms with Crippen molar-refractivity contribution < 1.29 is 19.1 Å². The van der Waals surface area contributed by atoms with Crippen molar-refractivity contribution in [2.24, 2.45) is 22.6 Å². The number of methoxy groups -OCH3 is 1. The number of benzene rings is 1. The Kier molecular flexibility index (Phi) is 6.59. The van der Waals surface area contributed by atoms with E-state index in [0.29, 0.717) is 30.9 Å². The molecule has 3 aliphatic rings. The van der Waals surface area contributed by atoms with E-state index in [1.54, 1.807) is 18.1 Å². The number of nitrogens with two attached hydrogens (primary N) is 1. The zero-order valence-corrected chi connectivity index (χ0v) is 21.3. The number of ether oxygens (including phenoxy) is 2. The number of nitrogens with one attached hydrogen (secondary N) is 1. The summed E-state index contributed by atoms with van der Waals surface area (Å²) < 4.78 is 11.4. The van der Waals surface area contributed by atoms with E-state index < -0.39 is 11.1 Å². The van der Waals surface area contributed by atoms with Gasteiger partial charge in [-0.05, 0) is 64.7 Å². The third-order valence-corrected chi connectivity index (χ3v) is 7.12. The van der Waals surface area contributed by atoms with Gasteiger partial charge in [0.2, 0.25) is 11.8 Å². The molecule has 1 saturated carbocycles. The number of hydrogen-bond acceptors (Lipinski definition) is 6. The van der Waals surface area contributed by atoms with E-state index in [4.69, 9.17) is 26.8 Å². The minimum Gasteiger partial charge on any atom is -0.487 e. The molecular formula is C25H35ClN4O4. The number of carbonyl (C=O) groups is 2. The highest BCUT2D eigenvalue weighted by Crippen LogP contribution is 2.47. The molecular weight excluding hydrogens is 456 g/mol. The standard InChI is InChI=1S/C25H35ClN4O4/c1-24(2)13-21(31)30(23(27)29-24)19(8-9-33-5)15-11-16(15)22(32)28-18-12-25(3,4)34-20-7-6-14(26)10-17(18)20/h6-7,10,15-16,18-19H,8-9,11-13H2,1-5H3,(H2,27,29)(H,28,32)/t15-,16-,18-,19+/m0/s1. The summed E-state index contributed by atoms with van der Waals surface area (Å²) in [5.41, 5.74) is 6.19. The molecule has 34 heavy (non-hydrogen) atoms. The van der Waals surface area contributed by atoms with Crippen LogP contribution < -0.4 is 15.8 Å². The van der Waals surface area contributed by atoms with Gasteiger partial charge >= 0.3 is 0 Å². The fourth-order valence-corrected chi connectivity index (χ4v) is 5.47. The van der Waals surface area contributed by atoms with Gasteiger partial charge in [-0.25, -0.2) is 4.99 Å². The first-order valence-corrected chi connectivity index (χ1v) is 12.2. The summed E-state index contributed by atoms with van der Waals surface area (Å²) >= 11 is 6.23. The summed E-state index contributed by atoms with van der Waals surface area (Å²) in [6.45, 7) is 8.28. The van der Waals surface area contributed by atoms with Crippen LogP contribution in [0.15, 0.2) is 23.2 Å². The zero-order chi connectivity index (χ0) is 24.8. The Labute approximate surface area is 206 Å². The van der Waals surface area contributed by atoms with Crippen molar-refractivity contribution in [1.29, 1.82) is 0 Å². The van der Waals surface area contributed by atoms with Crippen LogP contribution in [0, 0.1) is 11.8 Å². The molecule has 8 nitrogen and oxygen atoms in total. The minimum atomic E-state index is -0.520. The third kappa shape index (κ3) is 5.18. The smallest absolute Gasteiger partial charge is 0.231 e. The van der Waals surface area contributed by atoms with Crippen LogP contribution in [0.3, 0.4) is 0 Å². The molecule has 1 fully saturated rings. The summed E-state index contributed by atoms with van der Waals surface area (Å²) in [5.74, 6) is 0.678. The molecule has 186 valence electrons. The molecule has 4 atom stereocenters. The molecule has 3 N–H and O–H groups in total. The molecule has 0 spiro atoms. The Bertz CT molecular complexity index is 1010. The van der Waals surface area contributed by atoms with Gasteiger partial charge in [0.25, 0.3) is 0 Å². The normalized spacial score (nSPS) is 27.8. The number of halogens is 1. The number of hydrogen-bond donors (Lipinski definition) is 2. The molecule has 2 heterocycles. The maximum Gasteiger partial charge on any atom is 0.231 e. The maximum absolute atomic E-state index is 13.3. The molecule has 0 saturated heterocycles. The molecule has 1 aromatic rings. The Balaban J connectivity index is 1.51. The highest BCUT2D eigenvalue weighted by atomic mass is 35.5. The van der Waals surface area contributed by atoms with Crippen molar-refractivity contribution in [3.63, 3.8) is 0 Å². The van der Waals surface area contributed by atoms with E-state index in [1.165, 1.54) is 0 Å². The second kappa shape index (κ2) is 9.04. The van der Waals surface area contributed by atoms with Gasteiger partial charge in [-0.2, -0.15) is 0 Å². The van der Waals surface area contributed by atoms with E-state index in [9.17, 15) is 9.59 Å². The third-order valence-electron chi connectivity index (χ3n) is 6.88. The fourth-order valence-electron chi connectivity index (χ4n) is 5.29. The molecule has 1 aliphatic carbocycles. The van der Waals surface area contributed by atoms with E-state index in [0.717, 1.165) is 11.3 Å². The van der Waals surface area contributed by atoms with E-state index in [1.807, 2.05) is 39.8 Å². The Hall–Kier alpha value is -2.32. The largest absolute Gasteiger partial charge is 0.487 e. The van der Waals surface area contributed by atoms with Gasteiger partial charge in [0.1, 0.15) is 11.4 Å². The monoisotopic (exact) mass is 490 g/mol. The number of carbonyl (C=O) groups excluding carboxylic acids is 2. The van der Waals surface area contributed by atoms with Crippen LogP contribution in [-0.4, -0.2) is 53.6 Å². The molecule has 4 rings (SSSR count). The Morgan fingerprint density at radius 3 is 2.79 bits per heavy atom. The minimum absolute atomic E-state index is 0.000690. The van der Waals surface area contributed by atoms with Gasteiger partial charge in [0, 0.05) is 42.7 Å². The van der Waals surface area contributed by atoms with Crippen molar-refractivity contribution >= 4 is 29.4 Å². The van der Waals surface area contributed by atoms with Crippen molar-refractivity contribution in [2.75, 3.05) is 13.7 Å². The van der Waals surface area contributed by atoms with Crippen LogP contribution in [0.25, 0.3) is 0 Å². The Morgan fingerprint density at radius 2 is 2.12 bits per heavy atom. The highest BCUT2D eigenvalue weighted by Gasteiger charge is 2.52. The number of aliphatic imine (C=N–C) groups is 1. The number of nitrogens with zero attached hydrogens (tertiary/aromatic N) is 2. The summed E-state index contributed by atoms with van der Waals surface area (Å²) in [4.78, 5) is 32.4. The van der Waals surface area contributed by atoms with Gasteiger partial charge in [0.15, 0.2) is 5.96 Å². The summed E-state index contributed by atoms with van der Waals surface area (Å²) in [5, 5.41) is 3.83. The van der Waals surface area contributed by atoms with Crippen LogP contribution >= 0.6 is 11.6 Å². The summed E-state index contributed by atoms with van der Waals surface area (Å²) in [6.07, 6.45) is 2.21. The lowest BCUT2D eigenvalue weighted by Crippen LogP contribution is -2.55. The molecule has 0 aromatic heterocycles. The quantitative estimate of drug-likeness (QED) is 0.609. The first kappa shape index (κ1) is 24.8. The number of fused-ring (bicyclic) bond motifs is 1. The number of amides is 2. The lowest BCUT2D eigenvalue weighted by Gasteiger charge is -2.38. The van der Waals surface area contributed by atoms with Crippen LogP contribution in [0.5, 0.6) is 5.75 Å². The molecule has 1 aromatic carbocycles. The maximum atomic E-state index is 13.3. The number of rotatable bonds is 7. The van der Waals surface area contributed by atoms with Gasteiger partial charge in [0.05, 0.1) is 18.0 Å². The van der Waals surface area contributed by atoms with Crippen molar-refractivity contribution in [2.45, 2.75) is 76.6 Å². The van der Waals surface area contributed by atoms with Crippen LogP contribution in [0.4, 0.5) is 0 Å². The number of guanidine groups is 1. The van der Waals surface area contributed by atoms with Gasteiger partial charge in [-0.15, -0.1) is 0 Å².